The summed E-state index contributed by atoms with van der Waals surface area (Å²) in [5.74, 6) is 0.476. The van der Waals surface area contributed by atoms with E-state index in [0.29, 0.717) is 40.4 Å². The van der Waals surface area contributed by atoms with E-state index in [4.69, 9.17) is 16.6 Å². The summed E-state index contributed by atoms with van der Waals surface area (Å²) in [5, 5.41) is 4.24. The maximum absolute atomic E-state index is 14.0. The van der Waals surface area contributed by atoms with Crippen LogP contribution in [0, 0.1) is 20.8 Å². The molecule has 1 N–H and O–H groups in total. The normalized spacial score (nSPS) is 11.8. The highest BCUT2D eigenvalue weighted by Gasteiger charge is 2.28. The molecule has 1 atom stereocenters. The molecular formula is C34H33ClN4O2. The lowest BCUT2D eigenvalue weighted by atomic mass is 10.1. The summed E-state index contributed by atoms with van der Waals surface area (Å²) in [6.07, 6.45) is 0.642. The minimum Gasteiger partial charge on any atom is -0.314 e. The first-order valence-corrected chi connectivity index (χ1v) is 14.1. The summed E-state index contributed by atoms with van der Waals surface area (Å²) in [6, 6.07) is 27.9. The second kappa shape index (κ2) is 12.0. The van der Waals surface area contributed by atoms with Crippen molar-refractivity contribution in [3.05, 3.63) is 134 Å². The van der Waals surface area contributed by atoms with Crippen LogP contribution < -0.4 is 10.9 Å². The lowest BCUT2D eigenvalue weighted by Crippen LogP contribution is -2.41. The van der Waals surface area contributed by atoms with Crippen LogP contribution in [0.15, 0.2) is 95.8 Å². The van der Waals surface area contributed by atoms with Gasteiger partial charge in [-0.15, -0.1) is 0 Å². The number of para-hydroxylation sites is 2. The molecule has 5 aromatic rings. The predicted octanol–water partition coefficient (Wildman–Crippen LogP) is 7.80. The lowest BCUT2D eigenvalue weighted by molar-refractivity contribution is 0.190. The maximum atomic E-state index is 14.0. The molecule has 1 unspecified atom stereocenters. The molecule has 0 aliphatic carbocycles. The lowest BCUT2D eigenvalue weighted by Gasteiger charge is -2.31. The molecule has 6 nitrogen and oxygen atoms in total. The molecule has 2 amide bonds. The van der Waals surface area contributed by atoms with Crippen LogP contribution in [0.4, 0.5) is 10.5 Å². The Morgan fingerprint density at radius 1 is 0.902 bits per heavy atom. The van der Waals surface area contributed by atoms with Crippen molar-refractivity contribution >= 4 is 34.2 Å². The average molecular weight is 565 g/mol. The number of amides is 2. The number of rotatable bonds is 7. The number of aromatic nitrogens is 2. The Morgan fingerprint density at radius 3 is 2.29 bits per heavy atom. The van der Waals surface area contributed by atoms with Gasteiger partial charge >= 0.3 is 6.03 Å². The van der Waals surface area contributed by atoms with Crippen molar-refractivity contribution in [2.24, 2.45) is 0 Å². The first-order valence-electron chi connectivity index (χ1n) is 13.7. The zero-order valence-electron chi connectivity index (χ0n) is 23.7. The van der Waals surface area contributed by atoms with E-state index in [1.807, 2.05) is 107 Å². The number of urea groups is 1. The van der Waals surface area contributed by atoms with Crippen LogP contribution >= 0.6 is 11.6 Å². The third-order valence-electron chi connectivity index (χ3n) is 7.50. The molecule has 0 aliphatic heterocycles. The monoisotopic (exact) mass is 564 g/mol. The number of carbonyl (C=O) groups is 1. The number of benzene rings is 4. The second-order valence-corrected chi connectivity index (χ2v) is 10.8. The smallest absolute Gasteiger partial charge is 0.314 e. The van der Waals surface area contributed by atoms with Crippen LogP contribution in [0.5, 0.6) is 0 Å². The standard InChI is InChI=1S/C34H33ClN4O2/c1-22-11-10-12-23(2)31(22)37-34(41)38(20-19-26-13-6-5-7-14-26)25(4)32-36-29-16-9-8-15-28(29)33(40)39(32)30-18-17-27(35)21-24(30)3/h5-18,21,25H,19-20H2,1-4H3,(H,37,41). The summed E-state index contributed by atoms with van der Waals surface area (Å²) in [6.45, 7) is 8.22. The zero-order valence-corrected chi connectivity index (χ0v) is 24.4. The molecule has 5 rings (SSSR count). The zero-order chi connectivity index (χ0) is 29.1. The van der Waals surface area contributed by atoms with Crippen LogP contribution in [0.2, 0.25) is 5.02 Å². The highest BCUT2D eigenvalue weighted by atomic mass is 35.5. The topological polar surface area (TPSA) is 67.2 Å². The fraction of sp³-hybridized carbons (Fsp3) is 0.206. The predicted molar refractivity (Wildman–Crippen MR) is 167 cm³/mol. The second-order valence-electron chi connectivity index (χ2n) is 10.4. The number of aryl methyl sites for hydroxylation is 3. The van der Waals surface area contributed by atoms with Crippen molar-refractivity contribution in [2.45, 2.75) is 40.2 Å². The quantitative estimate of drug-likeness (QED) is 0.219. The van der Waals surface area contributed by atoms with Gasteiger partial charge in [-0.2, -0.15) is 0 Å². The minimum absolute atomic E-state index is 0.193. The van der Waals surface area contributed by atoms with E-state index in [1.54, 1.807) is 21.6 Å². The Labute approximate surface area is 245 Å². The number of fused-ring (bicyclic) bond motifs is 1. The van der Waals surface area contributed by atoms with Crippen molar-refractivity contribution < 1.29 is 4.79 Å². The largest absolute Gasteiger partial charge is 0.322 e. The van der Waals surface area contributed by atoms with E-state index < -0.39 is 6.04 Å². The molecule has 0 fully saturated rings. The molecule has 0 bridgehead atoms. The highest BCUT2D eigenvalue weighted by Crippen LogP contribution is 2.28. The first kappa shape index (κ1) is 28.1. The number of nitrogens with zero attached hydrogens (tertiary/aromatic N) is 3. The number of hydrogen-bond acceptors (Lipinski definition) is 3. The number of carbonyl (C=O) groups excluding carboxylic acids is 1. The highest BCUT2D eigenvalue weighted by molar-refractivity contribution is 6.30. The van der Waals surface area contributed by atoms with Crippen molar-refractivity contribution in [2.75, 3.05) is 11.9 Å². The van der Waals surface area contributed by atoms with Gasteiger partial charge < -0.3 is 10.2 Å². The maximum Gasteiger partial charge on any atom is 0.322 e. The Kier molecular flexibility index (Phi) is 8.22. The molecule has 0 spiro atoms. The third-order valence-corrected chi connectivity index (χ3v) is 7.74. The number of hydrogen-bond donors (Lipinski definition) is 1. The van der Waals surface area contributed by atoms with Crippen LogP contribution in [0.1, 0.15) is 41.0 Å². The molecule has 0 saturated heterocycles. The van der Waals surface area contributed by atoms with Crippen LogP contribution in [-0.4, -0.2) is 27.0 Å². The Hall–Kier alpha value is -4.42. The van der Waals surface area contributed by atoms with E-state index >= 15 is 0 Å². The van der Waals surface area contributed by atoms with Gasteiger partial charge in [-0.1, -0.05) is 72.3 Å². The summed E-state index contributed by atoms with van der Waals surface area (Å²) in [5.41, 5.74) is 5.76. The summed E-state index contributed by atoms with van der Waals surface area (Å²) < 4.78 is 1.63. The molecular weight excluding hydrogens is 532 g/mol. The minimum atomic E-state index is -0.546. The van der Waals surface area contributed by atoms with Crippen molar-refractivity contribution in [1.29, 1.82) is 0 Å². The third kappa shape index (κ3) is 5.88. The number of nitrogens with one attached hydrogen (secondary N) is 1. The van der Waals surface area contributed by atoms with Crippen LogP contribution in [0.3, 0.4) is 0 Å². The number of anilines is 1. The van der Waals surface area contributed by atoms with E-state index in [1.165, 1.54) is 0 Å². The molecule has 1 heterocycles. The van der Waals surface area contributed by atoms with Gasteiger partial charge in [0.25, 0.3) is 5.56 Å². The fourth-order valence-electron chi connectivity index (χ4n) is 5.23. The van der Waals surface area contributed by atoms with Gasteiger partial charge in [0.1, 0.15) is 5.82 Å². The van der Waals surface area contributed by atoms with E-state index in [2.05, 4.69) is 5.32 Å². The van der Waals surface area contributed by atoms with E-state index in [-0.39, 0.29) is 11.6 Å². The van der Waals surface area contributed by atoms with Gasteiger partial charge in [0.05, 0.1) is 22.6 Å². The molecule has 0 radical (unpaired) electrons. The van der Waals surface area contributed by atoms with Crippen molar-refractivity contribution in [3.8, 4) is 5.69 Å². The van der Waals surface area contributed by atoms with E-state index in [9.17, 15) is 9.59 Å². The van der Waals surface area contributed by atoms with Crippen molar-refractivity contribution in [3.63, 3.8) is 0 Å². The van der Waals surface area contributed by atoms with Gasteiger partial charge in [-0.05, 0) is 86.7 Å². The Bertz CT molecular complexity index is 1760. The molecule has 4 aromatic carbocycles. The molecule has 41 heavy (non-hydrogen) atoms. The van der Waals surface area contributed by atoms with Gasteiger partial charge in [0.15, 0.2) is 0 Å². The van der Waals surface area contributed by atoms with Gasteiger partial charge in [0.2, 0.25) is 0 Å². The summed E-state index contributed by atoms with van der Waals surface area (Å²) >= 11 is 6.27. The van der Waals surface area contributed by atoms with Crippen LogP contribution in [-0.2, 0) is 6.42 Å². The van der Waals surface area contributed by atoms with E-state index in [0.717, 1.165) is 27.9 Å². The SMILES string of the molecule is Cc1cc(Cl)ccc1-n1c(C(C)N(CCc2ccccc2)C(=O)Nc2c(C)cccc2C)nc2ccccc2c1=O. The Morgan fingerprint density at radius 2 is 1.59 bits per heavy atom. The summed E-state index contributed by atoms with van der Waals surface area (Å²) in [4.78, 5) is 34.8. The number of halogens is 1. The fourth-order valence-corrected chi connectivity index (χ4v) is 5.45. The van der Waals surface area contributed by atoms with Crippen LogP contribution in [0.25, 0.3) is 16.6 Å². The molecule has 1 aromatic heterocycles. The Balaban J connectivity index is 1.64. The summed E-state index contributed by atoms with van der Waals surface area (Å²) in [7, 11) is 0. The molecule has 0 aliphatic rings. The first-order chi connectivity index (χ1) is 19.7. The van der Waals surface area contributed by atoms with Crippen molar-refractivity contribution in [1.82, 2.24) is 14.5 Å². The molecule has 7 heteroatoms. The van der Waals surface area contributed by atoms with Gasteiger partial charge in [0, 0.05) is 17.3 Å². The van der Waals surface area contributed by atoms with Gasteiger partial charge in [-0.3, -0.25) is 9.36 Å². The average Bonchev–Trinajstić information content (AvgIpc) is 2.96. The molecule has 208 valence electrons. The molecule has 0 saturated carbocycles. The van der Waals surface area contributed by atoms with Gasteiger partial charge in [-0.25, -0.2) is 9.78 Å².